The van der Waals surface area contributed by atoms with Crippen molar-refractivity contribution in [3.05, 3.63) is 29.4 Å². The highest BCUT2D eigenvalue weighted by molar-refractivity contribution is 8.00. The zero-order chi connectivity index (χ0) is 14.8. The summed E-state index contributed by atoms with van der Waals surface area (Å²) in [5, 5.41) is 12.5. The van der Waals surface area contributed by atoms with Crippen LogP contribution in [-0.2, 0) is 11.3 Å². The molecule has 0 saturated carbocycles. The summed E-state index contributed by atoms with van der Waals surface area (Å²) < 4.78 is 2.03. The molecular weight excluding hydrogens is 304 g/mol. The number of aromatic nitrogens is 2. The van der Waals surface area contributed by atoms with Gasteiger partial charge in [-0.2, -0.15) is 5.26 Å². The molecule has 0 bridgehead atoms. The molecule has 7 heteroatoms. The molecule has 1 aliphatic rings. The van der Waals surface area contributed by atoms with Crippen LogP contribution in [0.1, 0.15) is 18.9 Å². The van der Waals surface area contributed by atoms with E-state index in [9.17, 15) is 4.79 Å². The molecule has 2 aromatic heterocycles. The molecule has 1 aliphatic heterocycles. The minimum absolute atomic E-state index is 0.0737. The normalized spacial score (nSPS) is 18.2. The predicted octanol–water partition coefficient (Wildman–Crippen LogP) is 2.73. The van der Waals surface area contributed by atoms with E-state index < -0.39 is 0 Å². The lowest BCUT2D eigenvalue weighted by Crippen LogP contribution is -2.28. The number of aryl methyl sites for hydroxylation is 1. The summed E-state index contributed by atoms with van der Waals surface area (Å²) in [6, 6.07) is 3.91. The molecular formula is C14H14N4OS2. The summed E-state index contributed by atoms with van der Waals surface area (Å²) in [5.41, 5.74) is 0.578. The molecule has 3 heterocycles. The van der Waals surface area contributed by atoms with Gasteiger partial charge in [0.25, 0.3) is 0 Å². The van der Waals surface area contributed by atoms with E-state index in [1.165, 1.54) is 23.1 Å². The van der Waals surface area contributed by atoms with Crippen molar-refractivity contribution in [2.45, 2.75) is 30.3 Å². The lowest BCUT2D eigenvalue weighted by atomic mass is 10.3. The van der Waals surface area contributed by atoms with Crippen molar-refractivity contribution in [3.63, 3.8) is 0 Å². The van der Waals surface area contributed by atoms with E-state index in [1.54, 1.807) is 17.2 Å². The summed E-state index contributed by atoms with van der Waals surface area (Å²) >= 11 is 2.96. The van der Waals surface area contributed by atoms with Gasteiger partial charge in [0.1, 0.15) is 11.1 Å². The molecule has 1 amide bonds. The van der Waals surface area contributed by atoms with Crippen LogP contribution in [0.4, 0.5) is 5.00 Å². The summed E-state index contributed by atoms with van der Waals surface area (Å²) in [7, 11) is 0. The Morgan fingerprint density at radius 2 is 2.48 bits per heavy atom. The molecule has 3 rings (SSSR count). The summed E-state index contributed by atoms with van der Waals surface area (Å²) in [6.07, 6.45) is 4.46. The van der Waals surface area contributed by atoms with Crippen LogP contribution in [0.5, 0.6) is 0 Å². The number of thiophene rings is 1. The van der Waals surface area contributed by atoms with Crippen LogP contribution in [0.2, 0.25) is 0 Å². The number of rotatable bonds is 4. The monoisotopic (exact) mass is 318 g/mol. The van der Waals surface area contributed by atoms with E-state index in [0.717, 1.165) is 23.1 Å². The van der Waals surface area contributed by atoms with E-state index in [1.807, 2.05) is 16.1 Å². The minimum atomic E-state index is -0.119. The van der Waals surface area contributed by atoms with Gasteiger partial charge < -0.3 is 9.47 Å². The molecule has 0 aromatic carbocycles. The first-order chi connectivity index (χ1) is 10.2. The maximum Gasteiger partial charge on any atom is 0.241 e. The first-order valence-corrected chi connectivity index (χ1v) is 8.47. The molecule has 0 N–H and O–H groups in total. The molecule has 1 atom stereocenters. The Labute approximate surface area is 131 Å². The maximum absolute atomic E-state index is 12.6. The highest BCUT2D eigenvalue weighted by atomic mass is 32.2. The largest absolute Gasteiger partial charge is 0.326 e. The lowest BCUT2D eigenvalue weighted by molar-refractivity contribution is -0.116. The molecule has 0 aliphatic carbocycles. The van der Waals surface area contributed by atoms with Crippen molar-refractivity contribution in [2.24, 2.45) is 0 Å². The molecule has 0 radical (unpaired) electrons. The molecule has 108 valence electrons. The zero-order valence-electron chi connectivity index (χ0n) is 11.5. The van der Waals surface area contributed by atoms with Crippen molar-refractivity contribution in [3.8, 4) is 6.07 Å². The number of anilines is 1. The number of carbonyl (C=O) groups is 1. The third-order valence-electron chi connectivity index (χ3n) is 3.43. The van der Waals surface area contributed by atoms with Gasteiger partial charge in [-0.3, -0.25) is 4.79 Å². The Hall–Kier alpha value is -1.78. The highest BCUT2D eigenvalue weighted by Crippen LogP contribution is 2.36. The zero-order valence-corrected chi connectivity index (χ0v) is 13.2. The number of amides is 1. The third-order valence-corrected chi connectivity index (χ3v) is 5.64. The van der Waals surface area contributed by atoms with Crippen molar-refractivity contribution in [1.29, 1.82) is 5.26 Å². The second-order valence-electron chi connectivity index (χ2n) is 4.63. The van der Waals surface area contributed by atoms with Crippen LogP contribution in [0, 0.1) is 11.3 Å². The number of hydrogen-bond donors (Lipinski definition) is 0. The molecule has 5 nitrogen and oxygen atoms in total. The van der Waals surface area contributed by atoms with E-state index in [2.05, 4.69) is 18.0 Å². The topological polar surface area (TPSA) is 61.9 Å². The molecule has 2 aromatic rings. The van der Waals surface area contributed by atoms with E-state index in [0.29, 0.717) is 12.1 Å². The van der Waals surface area contributed by atoms with Crippen molar-refractivity contribution in [1.82, 2.24) is 9.55 Å². The summed E-state index contributed by atoms with van der Waals surface area (Å²) in [5.74, 6) is 0.0737. The molecule has 1 saturated heterocycles. The van der Waals surface area contributed by atoms with Gasteiger partial charge >= 0.3 is 0 Å². The lowest BCUT2D eigenvalue weighted by Gasteiger charge is -2.15. The average Bonchev–Trinajstić information content (AvgIpc) is 3.20. The Balaban J connectivity index is 1.77. The number of imidazole rings is 1. The van der Waals surface area contributed by atoms with Gasteiger partial charge in [0.05, 0.1) is 10.8 Å². The van der Waals surface area contributed by atoms with Crippen molar-refractivity contribution in [2.75, 3.05) is 11.4 Å². The fraction of sp³-hybridized carbons (Fsp3) is 0.357. The van der Waals surface area contributed by atoms with Gasteiger partial charge in [0.15, 0.2) is 5.16 Å². The van der Waals surface area contributed by atoms with Crippen molar-refractivity contribution < 1.29 is 4.79 Å². The number of thioether (sulfide) groups is 1. The van der Waals surface area contributed by atoms with Gasteiger partial charge in [-0.1, -0.05) is 11.8 Å². The maximum atomic E-state index is 12.6. The molecule has 21 heavy (non-hydrogen) atoms. The van der Waals surface area contributed by atoms with Crippen LogP contribution < -0.4 is 4.90 Å². The quantitative estimate of drug-likeness (QED) is 0.869. The van der Waals surface area contributed by atoms with Gasteiger partial charge in [-0.25, -0.2) is 4.98 Å². The van der Waals surface area contributed by atoms with E-state index in [4.69, 9.17) is 5.26 Å². The van der Waals surface area contributed by atoms with Crippen LogP contribution in [0.3, 0.4) is 0 Å². The SMILES string of the molecule is CCn1ccnc1S[C@@H]1CCN(c2sccc2C#N)C1=O. The summed E-state index contributed by atoms with van der Waals surface area (Å²) in [4.78, 5) is 18.6. The van der Waals surface area contributed by atoms with Gasteiger partial charge in [0, 0.05) is 25.5 Å². The number of hydrogen-bond acceptors (Lipinski definition) is 5. The van der Waals surface area contributed by atoms with Crippen LogP contribution in [0.25, 0.3) is 0 Å². The first-order valence-electron chi connectivity index (χ1n) is 6.71. The second-order valence-corrected chi connectivity index (χ2v) is 6.70. The highest BCUT2D eigenvalue weighted by Gasteiger charge is 2.35. The van der Waals surface area contributed by atoms with E-state index >= 15 is 0 Å². The van der Waals surface area contributed by atoms with Crippen LogP contribution >= 0.6 is 23.1 Å². The Morgan fingerprint density at radius 1 is 1.62 bits per heavy atom. The number of carbonyl (C=O) groups excluding carboxylic acids is 1. The molecule has 0 spiro atoms. The summed E-state index contributed by atoms with van der Waals surface area (Å²) in [6.45, 7) is 3.56. The Bertz CT molecular complexity index is 700. The predicted molar refractivity (Wildman–Crippen MR) is 83.6 cm³/mol. The van der Waals surface area contributed by atoms with Gasteiger partial charge in [-0.05, 0) is 24.8 Å². The van der Waals surface area contributed by atoms with E-state index in [-0.39, 0.29) is 11.2 Å². The minimum Gasteiger partial charge on any atom is -0.326 e. The fourth-order valence-electron chi connectivity index (χ4n) is 2.34. The van der Waals surface area contributed by atoms with Crippen LogP contribution in [0.15, 0.2) is 29.0 Å². The Kier molecular flexibility index (Phi) is 3.99. The third kappa shape index (κ3) is 2.57. The Morgan fingerprint density at radius 3 is 3.24 bits per heavy atom. The number of nitriles is 1. The smallest absolute Gasteiger partial charge is 0.241 e. The van der Waals surface area contributed by atoms with Gasteiger partial charge in [0.2, 0.25) is 5.91 Å². The number of nitrogens with zero attached hydrogens (tertiary/aromatic N) is 4. The standard InChI is InChI=1S/C14H14N4OS2/c1-2-17-7-5-16-14(17)21-11-3-6-18(12(11)19)13-10(9-15)4-8-20-13/h4-5,7-8,11H,2-3,6H2,1H3/t11-/m1/s1. The van der Waals surface area contributed by atoms with Crippen molar-refractivity contribution >= 4 is 34.0 Å². The fourth-order valence-corrected chi connectivity index (χ4v) is 4.38. The van der Waals surface area contributed by atoms with Gasteiger partial charge in [-0.15, -0.1) is 11.3 Å². The van der Waals surface area contributed by atoms with Crippen LogP contribution in [-0.4, -0.2) is 27.3 Å². The average molecular weight is 318 g/mol. The second kappa shape index (κ2) is 5.92. The first kappa shape index (κ1) is 14.2. The molecule has 0 unspecified atom stereocenters. The molecule has 1 fully saturated rings.